The van der Waals surface area contributed by atoms with E-state index in [-0.39, 0.29) is 5.91 Å². The Morgan fingerprint density at radius 1 is 1.45 bits per heavy atom. The van der Waals surface area contributed by atoms with Gasteiger partial charge >= 0.3 is 0 Å². The fourth-order valence-electron chi connectivity index (χ4n) is 1.72. The van der Waals surface area contributed by atoms with Gasteiger partial charge in [-0.15, -0.1) is 11.3 Å². The highest BCUT2D eigenvalue weighted by Crippen LogP contribution is 2.15. The lowest BCUT2D eigenvalue weighted by Crippen LogP contribution is -2.24. The van der Waals surface area contributed by atoms with Gasteiger partial charge in [-0.1, -0.05) is 12.1 Å². The van der Waals surface area contributed by atoms with E-state index in [1.807, 2.05) is 36.7 Å². The Bertz CT molecular complexity index is 583. The van der Waals surface area contributed by atoms with Crippen LogP contribution in [0.5, 0.6) is 5.75 Å². The van der Waals surface area contributed by atoms with Crippen molar-refractivity contribution in [1.82, 2.24) is 10.3 Å². The van der Waals surface area contributed by atoms with Gasteiger partial charge in [-0.25, -0.2) is 4.98 Å². The van der Waals surface area contributed by atoms with Gasteiger partial charge in [0.2, 0.25) is 5.91 Å². The number of carbonyl (C=O) groups excluding carboxylic acids is 1. The first-order chi connectivity index (χ1) is 9.71. The summed E-state index contributed by atoms with van der Waals surface area (Å²) in [5.74, 6) is 0.728. The van der Waals surface area contributed by atoms with Crippen LogP contribution in [-0.4, -0.2) is 25.0 Å². The Labute approximate surface area is 122 Å². The van der Waals surface area contributed by atoms with Crippen LogP contribution in [0.1, 0.15) is 11.3 Å². The molecule has 0 fully saturated rings. The van der Waals surface area contributed by atoms with Gasteiger partial charge in [0.1, 0.15) is 5.75 Å². The molecule has 0 unspecified atom stereocenters. The minimum absolute atomic E-state index is 0.0303. The SMILES string of the molecule is CNc1nc(CNC(=O)Cc2cccc(OC)c2)cs1. The van der Waals surface area contributed by atoms with Crippen LogP contribution < -0.4 is 15.4 Å². The summed E-state index contributed by atoms with van der Waals surface area (Å²) in [4.78, 5) is 16.2. The number of amides is 1. The van der Waals surface area contributed by atoms with Crippen molar-refractivity contribution in [3.63, 3.8) is 0 Å². The number of carbonyl (C=O) groups is 1. The van der Waals surface area contributed by atoms with Crippen molar-refractivity contribution in [3.05, 3.63) is 40.9 Å². The molecule has 0 aliphatic heterocycles. The van der Waals surface area contributed by atoms with Gasteiger partial charge in [-0.05, 0) is 17.7 Å². The number of aromatic nitrogens is 1. The first-order valence-corrected chi connectivity index (χ1v) is 7.11. The number of rotatable bonds is 6. The van der Waals surface area contributed by atoms with Gasteiger partial charge < -0.3 is 15.4 Å². The van der Waals surface area contributed by atoms with Crippen molar-refractivity contribution < 1.29 is 9.53 Å². The topological polar surface area (TPSA) is 63.2 Å². The lowest BCUT2D eigenvalue weighted by Gasteiger charge is -2.05. The van der Waals surface area contributed by atoms with Gasteiger partial charge in [0.25, 0.3) is 0 Å². The largest absolute Gasteiger partial charge is 0.497 e. The smallest absolute Gasteiger partial charge is 0.224 e. The molecule has 0 saturated carbocycles. The average Bonchev–Trinajstić information content (AvgIpc) is 2.93. The fraction of sp³-hybridized carbons (Fsp3) is 0.286. The number of hydrogen-bond donors (Lipinski definition) is 2. The second-order valence-corrected chi connectivity index (χ2v) is 5.06. The number of methoxy groups -OCH3 is 1. The van der Waals surface area contributed by atoms with Gasteiger partial charge in [-0.2, -0.15) is 0 Å². The van der Waals surface area contributed by atoms with Crippen molar-refractivity contribution in [2.24, 2.45) is 0 Å². The molecule has 2 rings (SSSR count). The molecular formula is C14H17N3O2S. The maximum absolute atomic E-state index is 11.9. The Hall–Kier alpha value is -2.08. The van der Waals surface area contributed by atoms with E-state index in [9.17, 15) is 4.79 Å². The molecule has 0 bridgehead atoms. The molecule has 106 valence electrons. The van der Waals surface area contributed by atoms with Crippen LogP contribution in [0.15, 0.2) is 29.6 Å². The second-order valence-electron chi connectivity index (χ2n) is 4.20. The second kappa shape index (κ2) is 6.91. The Morgan fingerprint density at radius 2 is 2.30 bits per heavy atom. The van der Waals surface area contributed by atoms with Crippen LogP contribution in [0.2, 0.25) is 0 Å². The number of nitrogens with zero attached hydrogens (tertiary/aromatic N) is 1. The summed E-state index contributed by atoms with van der Waals surface area (Å²) < 4.78 is 5.13. The summed E-state index contributed by atoms with van der Waals surface area (Å²) in [6.45, 7) is 0.445. The van der Waals surface area contributed by atoms with E-state index in [1.165, 1.54) is 11.3 Å². The van der Waals surface area contributed by atoms with Crippen LogP contribution >= 0.6 is 11.3 Å². The molecule has 1 aromatic heterocycles. The summed E-state index contributed by atoms with van der Waals surface area (Å²) in [6.07, 6.45) is 0.334. The Morgan fingerprint density at radius 3 is 3.00 bits per heavy atom. The summed E-state index contributed by atoms with van der Waals surface area (Å²) in [5, 5.41) is 8.60. The maximum Gasteiger partial charge on any atom is 0.224 e. The maximum atomic E-state index is 11.9. The molecule has 1 amide bonds. The molecular weight excluding hydrogens is 274 g/mol. The van der Waals surface area contributed by atoms with E-state index in [0.29, 0.717) is 13.0 Å². The van der Waals surface area contributed by atoms with Crippen LogP contribution in [0.3, 0.4) is 0 Å². The van der Waals surface area contributed by atoms with E-state index in [0.717, 1.165) is 22.1 Å². The molecule has 20 heavy (non-hydrogen) atoms. The summed E-state index contributed by atoms with van der Waals surface area (Å²) in [7, 11) is 3.44. The van der Waals surface area contributed by atoms with Gasteiger partial charge in [-0.3, -0.25) is 4.79 Å². The molecule has 5 nitrogen and oxygen atoms in total. The van der Waals surface area contributed by atoms with Crippen LogP contribution in [0, 0.1) is 0 Å². The molecule has 2 aromatic rings. The lowest BCUT2D eigenvalue weighted by atomic mass is 10.1. The van der Waals surface area contributed by atoms with E-state index in [4.69, 9.17) is 4.74 Å². The highest BCUT2D eigenvalue weighted by molar-refractivity contribution is 7.13. The lowest BCUT2D eigenvalue weighted by molar-refractivity contribution is -0.120. The predicted molar refractivity (Wildman–Crippen MR) is 80.2 cm³/mol. The van der Waals surface area contributed by atoms with Crippen molar-refractivity contribution in [1.29, 1.82) is 0 Å². The quantitative estimate of drug-likeness (QED) is 0.855. The third-order valence-electron chi connectivity index (χ3n) is 2.73. The third-order valence-corrected chi connectivity index (χ3v) is 3.64. The zero-order chi connectivity index (χ0) is 14.4. The zero-order valence-corrected chi connectivity index (χ0v) is 12.3. The van der Waals surface area contributed by atoms with Crippen molar-refractivity contribution >= 4 is 22.4 Å². The molecule has 0 saturated heterocycles. The summed E-state index contributed by atoms with van der Waals surface area (Å²) in [5.41, 5.74) is 1.79. The Balaban J connectivity index is 1.85. The highest BCUT2D eigenvalue weighted by Gasteiger charge is 2.06. The average molecular weight is 291 g/mol. The van der Waals surface area contributed by atoms with Crippen molar-refractivity contribution in [2.45, 2.75) is 13.0 Å². The minimum Gasteiger partial charge on any atom is -0.497 e. The van der Waals surface area contributed by atoms with Crippen molar-refractivity contribution in [2.75, 3.05) is 19.5 Å². The minimum atomic E-state index is -0.0303. The Kier molecular flexibility index (Phi) is 4.95. The summed E-state index contributed by atoms with van der Waals surface area (Å²) in [6, 6.07) is 7.50. The number of thiazole rings is 1. The number of nitrogens with one attached hydrogen (secondary N) is 2. The van der Waals surface area contributed by atoms with E-state index in [2.05, 4.69) is 15.6 Å². The third kappa shape index (κ3) is 3.96. The highest BCUT2D eigenvalue weighted by atomic mass is 32.1. The predicted octanol–water partition coefficient (Wildman–Crippen LogP) is 2.05. The first kappa shape index (κ1) is 14.3. The first-order valence-electron chi connectivity index (χ1n) is 6.23. The number of anilines is 1. The van der Waals surface area contributed by atoms with Gasteiger partial charge in [0, 0.05) is 12.4 Å². The molecule has 1 heterocycles. The molecule has 0 aliphatic rings. The van der Waals surface area contributed by atoms with Crippen LogP contribution in [0.4, 0.5) is 5.13 Å². The fourth-order valence-corrected chi connectivity index (χ4v) is 2.39. The number of benzene rings is 1. The monoisotopic (exact) mass is 291 g/mol. The number of hydrogen-bond acceptors (Lipinski definition) is 5. The van der Waals surface area contributed by atoms with E-state index in [1.54, 1.807) is 7.11 Å². The molecule has 6 heteroatoms. The van der Waals surface area contributed by atoms with E-state index < -0.39 is 0 Å². The molecule has 1 aromatic carbocycles. The molecule has 0 spiro atoms. The van der Waals surface area contributed by atoms with Crippen molar-refractivity contribution in [3.8, 4) is 5.75 Å². The standard InChI is InChI=1S/C14H17N3O2S/c1-15-14-17-11(9-20-14)8-16-13(18)7-10-4-3-5-12(6-10)19-2/h3-6,9H,7-8H2,1-2H3,(H,15,17)(H,16,18). The van der Waals surface area contributed by atoms with Crippen LogP contribution in [-0.2, 0) is 17.8 Å². The number of ether oxygens (including phenoxy) is 1. The van der Waals surface area contributed by atoms with E-state index >= 15 is 0 Å². The molecule has 0 atom stereocenters. The molecule has 2 N–H and O–H groups in total. The summed E-state index contributed by atoms with van der Waals surface area (Å²) >= 11 is 1.52. The van der Waals surface area contributed by atoms with Gasteiger partial charge in [0.05, 0.1) is 25.8 Å². The zero-order valence-electron chi connectivity index (χ0n) is 11.5. The molecule has 0 aliphatic carbocycles. The molecule has 0 radical (unpaired) electrons. The normalized spacial score (nSPS) is 10.1. The van der Waals surface area contributed by atoms with Crippen LogP contribution in [0.25, 0.3) is 0 Å². The van der Waals surface area contributed by atoms with Gasteiger partial charge in [0.15, 0.2) is 5.13 Å².